The number of nitrogens with one attached hydrogen (secondary N) is 1. The van der Waals surface area contributed by atoms with E-state index < -0.39 is 5.83 Å². The van der Waals surface area contributed by atoms with Crippen molar-refractivity contribution in [1.82, 2.24) is 5.32 Å². The Hall–Kier alpha value is -1.59. The summed E-state index contributed by atoms with van der Waals surface area (Å²) in [5.74, 6) is -0.0541. The van der Waals surface area contributed by atoms with E-state index in [1.807, 2.05) is 13.8 Å². The molecule has 1 aromatic carbocycles. The average molecular weight is 303 g/mol. The lowest BCUT2D eigenvalue weighted by molar-refractivity contribution is 0.0943. The molecule has 6 heteroatoms. The van der Waals surface area contributed by atoms with E-state index in [1.54, 1.807) is 24.3 Å². The van der Waals surface area contributed by atoms with Gasteiger partial charge in [-0.15, -0.1) is 12.4 Å². The Morgan fingerprint density at radius 1 is 1.40 bits per heavy atom. The minimum atomic E-state index is -0.413. The molecule has 1 aromatic rings. The summed E-state index contributed by atoms with van der Waals surface area (Å²) in [7, 11) is 0. The highest BCUT2D eigenvalue weighted by atomic mass is 35.5. The van der Waals surface area contributed by atoms with Gasteiger partial charge in [-0.3, -0.25) is 4.79 Å². The Kier molecular flexibility index (Phi) is 8.59. The van der Waals surface area contributed by atoms with Gasteiger partial charge in [0.1, 0.15) is 18.2 Å². The molecule has 1 amide bonds. The van der Waals surface area contributed by atoms with Crippen molar-refractivity contribution in [2.75, 3.05) is 13.2 Å². The molecule has 0 radical (unpaired) electrons. The Balaban J connectivity index is 0.00000361. The largest absolute Gasteiger partial charge is 0.487 e. The number of hydrogen-bond acceptors (Lipinski definition) is 3. The standard InChI is InChI=1S/C14H19FN2O2.ClH/c1-10(2)17-14(18)11-3-5-13(6-4-11)19-9-12(15)7-8-16;/h3-7,10H,8-9,16H2,1-2H3,(H,17,18);1H/b12-7+;. The zero-order valence-electron chi connectivity index (χ0n) is 11.6. The lowest BCUT2D eigenvalue weighted by Gasteiger charge is -2.09. The topological polar surface area (TPSA) is 64.3 Å². The third-order valence-electron chi connectivity index (χ3n) is 2.25. The number of nitrogens with two attached hydrogens (primary N) is 1. The molecule has 0 aromatic heterocycles. The minimum Gasteiger partial charge on any atom is -0.487 e. The summed E-state index contributed by atoms with van der Waals surface area (Å²) < 4.78 is 18.2. The normalized spacial score (nSPS) is 10.9. The van der Waals surface area contributed by atoms with E-state index in [2.05, 4.69) is 5.32 Å². The van der Waals surface area contributed by atoms with Crippen molar-refractivity contribution < 1.29 is 13.9 Å². The van der Waals surface area contributed by atoms with E-state index in [4.69, 9.17) is 10.5 Å². The molecule has 20 heavy (non-hydrogen) atoms. The Labute approximate surface area is 124 Å². The summed E-state index contributed by atoms with van der Waals surface area (Å²) in [5, 5.41) is 2.78. The number of halogens is 2. The molecular formula is C14H20ClFN2O2. The number of rotatable bonds is 6. The van der Waals surface area contributed by atoms with Crippen molar-refractivity contribution >= 4 is 18.3 Å². The molecule has 112 valence electrons. The maximum Gasteiger partial charge on any atom is 0.251 e. The van der Waals surface area contributed by atoms with E-state index >= 15 is 0 Å². The van der Waals surface area contributed by atoms with Crippen LogP contribution >= 0.6 is 12.4 Å². The van der Waals surface area contributed by atoms with Crippen LogP contribution in [0.5, 0.6) is 5.75 Å². The Morgan fingerprint density at radius 2 is 2.00 bits per heavy atom. The van der Waals surface area contributed by atoms with Crippen LogP contribution in [0.15, 0.2) is 36.2 Å². The van der Waals surface area contributed by atoms with E-state index in [0.717, 1.165) is 0 Å². The fourth-order valence-electron chi connectivity index (χ4n) is 1.39. The van der Waals surface area contributed by atoms with Gasteiger partial charge >= 0.3 is 0 Å². The summed E-state index contributed by atoms with van der Waals surface area (Å²) in [6.07, 6.45) is 1.25. The van der Waals surface area contributed by atoms with Crippen LogP contribution in [0.4, 0.5) is 4.39 Å². The lowest BCUT2D eigenvalue weighted by atomic mass is 10.2. The Bertz CT molecular complexity index is 447. The van der Waals surface area contributed by atoms with Crippen LogP contribution in [-0.2, 0) is 0 Å². The minimum absolute atomic E-state index is 0. The van der Waals surface area contributed by atoms with Crippen LogP contribution in [0.3, 0.4) is 0 Å². The van der Waals surface area contributed by atoms with E-state index in [9.17, 15) is 9.18 Å². The van der Waals surface area contributed by atoms with Gasteiger partial charge in [-0.1, -0.05) is 0 Å². The molecule has 0 unspecified atom stereocenters. The predicted molar refractivity (Wildman–Crippen MR) is 80.0 cm³/mol. The molecule has 0 heterocycles. The van der Waals surface area contributed by atoms with E-state index in [1.165, 1.54) is 6.08 Å². The molecule has 0 aliphatic carbocycles. The van der Waals surface area contributed by atoms with Gasteiger partial charge in [0, 0.05) is 18.2 Å². The van der Waals surface area contributed by atoms with Crippen LogP contribution in [-0.4, -0.2) is 25.1 Å². The zero-order chi connectivity index (χ0) is 14.3. The first-order chi connectivity index (χ1) is 9.02. The molecule has 4 nitrogen and oxygen atoms in total. The third-order valence-corrected chi connectivity index (χ3v) is 2.25. The van der Waals surface area contributed by atoms with Crippen LogP contribution in [0.1, 0.15) is 24.2 Å². The zero-order valence-corrected chi connectivity index (χ0v) is 12.4. The van der Waals surface area contributed by atoms with E-state index in [0.29, 0.717) is 11.3 Å². The van der Waals surface area contributed by atoms with Gasteiger partial charge < -0.3 is 15.8 Å². The van der Waals surface area contributed by atoms with Crippen LogP contribution < -0.4 is 15.8 Å². The van der Waals surface area contributed by atoms with Gasteiger partial charge in [-0.2, -0.15) is 0 Å². The quantitative estimate of drug-likeness (QED) is 0.848. The van der Waals surface area contributed by atoms with E-state index in [-0.39, 0.29) is 37.5 Å². The summed E-state index contributed by atoms with van der Waals surface area (Å²) in [6, 6.07) is 6.62. The van der Waals surface area contributed by atoms with Crippen molar-refractivity contribution in [2.24, 2.45) is 5.73 Å². The first kappa shape index (κ1) is 18.4. The first-order valence-electron chi connectivity index (χ1n) is 6.11. The van der Waals surface area contributed by atoms with Crippen LogP contribution in [0.25, 0.3) is 0 Å². The van der Waals surface area contributed by atoms with Gasteiger partial charge in [0.25, 0.3) is 5.91 Å². The molecule has 0 spiro atoms. The highest BCUT2D eigenvalue weighted by molar-refractivity contribution is 5.94. The second-order valence-electron chi connectivity index (χ2n) is 4.33. The van der Waals surface area contributed by atoms with Crippen molar-refractivity contribution in [3.05, 3.63) is 41.7 Å². The third kappa shape index (κ3) is 6.54. The molecule has 0 atom stereocenters. The highest BCUT2D eigenvalue weighted by Gasteiger charge is 2.06. The van der Waals surface area contributed by atoms with Crippen molar-refractivity contribution in [3.8, 4) is 5.75 Å². The van der Waals surface area contributed by atoms with Crippen LogP contribution in [0.2, 0.25) is 0 Å². The SMILES string of the molecule is CC(C)NC(=O)c1ccc(OC/C(F)=C\CN)cc1.Cl. The van der Waals surface area contributed by atoms with Crippen molar-refractivity contribution in [2.45, 2.75) is 19.9 Å². The Morgan fingerprint density at radius 3 is 2.50 bits per heavy atom. The smallest absolute Gasteiger partial charge is 0.251 e. The van der Waals surface area contributed by atoms with Gasteiger partial charge in [0.2, 0.25) is 0 Å². The summed E-state index contributed by atoms with van der Waals surface area (Å²) in [4.78, 5) is 11.7. The molecule has 0 saturated heterocycles. The number of ether oxygens (including phenoxy) is 1. The summed E-state index contributed by atoms with van der Waals surface area (Å²) >= 11 is 0. The van der Waals surface area contributed by atoms with Crippen molar-refractivity contribution in [3.63, 3.8) is 0 Å². The van der Waals surface area contributed by atoms with Gasteiger partial charge in [0.15, 0.2) is 0 Å². The lowest BCUT2D eigenvalue weighted by Crippen LogP contribution is -2.29. The second-order valence-corrected chi connectivity index (χ2v) is 4.33. The fraction of sp³-hybridized carbons (Fsp3) is 0.357. The number of carbonyl (C=O) groups is 1. The molecule has 0 fully saturated rings. The fourth-order valence-corrected chi connectivity index (χ4v) is 1.39. The molecular weight excluding hydrogens is 283 g/mol. The maximum atomic E-state index is 13.0. The summed E-state index contributed by atoms with van der Waals surface area (Å²) in [5.41, 5.74) is 5.72. The van der Waals surface area contributed by atoms with Gasteiger partial charge in [-0.25, -0.2) is 4.39 Å². The molecule has 0 aliphatic heterocycles. The number of hydrogen-bond donors (Lipinski definition) is 2. The molecule has 0 bridgehead atoms. The van der Waals surface area contributed by atoms with Gasteiger partial charge in [0.05, 0.1) is 0 Å². The average Bonchev–Trinajstić information content (AvgIpc) is 2.36. The van der Waals surface area contributed by atoms with Crippen LogP contribution in [0, 0.1) is 0 Å². The number of benzene rings is 1. The molecule has 0 saturated carbocycles. The van der Waals surface area contributed by atoms with Gasteiger partial charge in [-0.05, 0) is 44.2 Å². The monoisotopic (exact) mass is 302 g/mol. The van der Waals surface area contributed by atoms with Crippen molar-refractivity contribution in [1.29, 1.82) is 0 Å². The predicted octanol–water partition coefficient (Wildman–Crippen LogP) is 2.44. The second kappa shape index (κ2) is 9.34. The molecule has 1 rings (SSSR count). The first-order valence-corrected chi connectivity index (χ1v) is 6.11. The summed E-state index contributed by atoms with van der Waals surface area (Å²) in [6.45, 7) is 3.77. The number of carbonyl (C=O) groups excluding carboxylic acids is 1. The molecule has 0 aliphatic rings. The number of amides is 1. The highest BCUT2D eigenvalue weighted by Crippen LogP contribution is 2.13. The maximum absolute atomic E-state index is 13.0. The molecule has 3 N–H and O–H groups in total.